The molecule has 1 unspecified atom stereocenters. The highest BCUT2D eigenvalue weighted by Gasteiger charge is 2.19. The van der Waals surface area contributed by atoms with E-state index in [0.29, 0.717) is 17.1 Å². The summed E-state index contributed by atoms with van der Waals surface area (Å²) in [5.74, 6) is -1.48. The van der Waals surface area contributed by atoms with E-state index in [1.807, 2.05) is 0 Å². The molecule has 0 bridgehead atoms. The van der Waals surface area contributed by atoms with Crippen molar-refractivity contribution in [3.05, 3.63) is 51.2 Å². The molecule has 1 atom stereocenters. The summed E-state index contributed by atoms with van der Waals surface area (Å²) in [5.41, 5.74) is 1.33. The van der Waals surface area contributed by atoms with Crippen molar-refractivity contribution < 1.29 is 19.1 Å². The lowest BCUT2D eigenvalue weighted by Gasteiger charge is -2.11. The zero-order chi connectivity index (χ0) is 17.0. The fourth-order valence-electron chi connectivity index (χ4n) is 2.09. The molecular formula is C16H17FN2O3S. The zero-order valence-corrected chi connectivity index (χ0v) is 13.6. The zero-order valence-electron chi connectivity index (χ0n) is 12.8. The van der Waals surface area contributed by atoms with Gasteiger partial charge < -0.3 is 10.4 Å². The minimum Gasteiger partial charge on any atom is -0.477 e. The number of carboxylic acid groups (broad SMARTS) is 1. The lowest BCUT2D eigenvalue weighted by atomic mass is 10.1. The third-order valence-electron chi connectivity index (χ3n) is 3.31. The highest BCUT2D eigenvalue weighted by Crippen LogP contribution is 2.23. The lowest BCUT2D eigenvalue weighted by Crippen LogP contribution is -2.26. The third kappa shape index (κ3) is 4.59. The summed E-state index contributed by atoms with van der Waals surface area (Å²) in [6.07, 6.45) is 0.780. The maximum absolute atomic E-state index is 12.8. The smallest absolute Gasteiger partial charge is 0.347 e. The van der Waals surface area contributed by atoms with Gasteiger partial charge in [0, 0.05) is 6.42 Å². The molecule has 1 aromatic carbocycles. The van der Waals surface area contributed by atoms with E-state index in [4.69, 9.17) is 5.11 Å². The number of carbonyl (C=O) groups is 2. The molecule has 2 rings (SSSR count). The monoisotopic (exact) mass is 336 g/mol. The van der Waals surface area contributed by atoms with Crippen molar-refractivity contribution in [2.45, 2.75) is 32.7 Å². The first-order valence-corrected chi connectivity index (χ1v) is 7.93. The number of halogens is 1. The molecule has 23 heavy (non-hydrogen) atoms. The minimum atomic E-state index is -1.01. The highest BCUT2D eigenvalue weighted by molar-refractivity contribution is 7.13. The number of nitrogens with one attached hydrogen (secondary N) is 1. The van der Waals surface area contributed by atoms with Crippen LogP contribution < -0.4 is 5.32 Å². The van der Waals surface area contributed by atoms with Crippen LogP contribution in [0.2, 0.25) is 0 Å². The van der Waals surface area contributed by atoms with Crippen molar-refractivity contribution in [2.24, 2.45) is 0 Å². The molecular weight excluding hydrogens is 319 g/mol. The normalized spacial score (nSPS) is 12.0. The van der Waals surface area contributed by atoms with E-state index in [-0.39, 0.29) is 29.1 Å². The SMILES string of the molecule is Cc1nc(C(C)NC(=O)CCc2ccc(F)cc2)sc1C(=O)O. The van der Waals surface area contributed by atoms with Gasteiger partial charge in [-0.2, -0.15) is 0 Å². The number of rotatable bonds is 6. The number of aromatic nitrogens is 1. The van der Waals surface area contributed by atoms with E-state index in [1.165, 1.54) is 12.1 Å². The maximum Gasteiger partial charge on any atom is 0.347 e. The van der Waals surface area contributed by atoms with Crippen LogP contribution in [-0.4, -0.2) is 22.0 Å². The first-order chi connectivity index (χ1) is 10.9. The molecule has 0 fully saturated rings. The number of carbonyl (C=O) groups excluding carboxylic acids is 1. The van der Waals surface area contributed by atoms with Crippen molar-refractivity contribution in [1.82, 2.24) is 10.3 Å². The fourth-order valence-corrected chi connectivity index (χ4v) is 2.99. The van der Waals surface area contributed by atoms with Crippen LogP contribution in [0.25, 0.3) is 0 Å². The number of hydrogen-bond donors (Lipinski definition) is 2. The van der Waals surface area contributed by atoms with Crippen LogP contribution in [-0.2, 0) is 11.2 Å². The molecule has 2 aromatic rings. The van der Waals surface area contributed by atoms with Crippen molar-refractivity contribution in [2.75, 3.05) is 0 Å². The average Bonchev–Trinajstić information content (AvgIpc) is 2.89. The number of amides is 1. The van der Waals surface area contributed by atoms with E-state index < -0.39 is 5.97 Å². The largest absolute Gasteiger partial charge is 0.477 e. The molecule has 0 saturated carbocycles. The second-order valence-electron chi connectivity index (χ2n) is 5.19. The molecule has 0 aliphatic heterocycles. The number of thiazole rings is 1. The van der Waals surface area contributed by atoms with Crippen molar-refractivity contribution >= 4 is 23.2 Å². The molecule has 1 aromatic heterocycles. The molecule has 0 spiro atoms. The fraction of sp³-hybridized carbons (Fsp3) is 0.312. The Balaban J connectivity index is 1.90. The van der Waals surface area contributed by atoms with Gasteiger partial charge in [0.25, 0.3) is 0 Å². The Labute approximate surface area is 137 Å². The van der Waals surface area contributed by atoms with Gasteiger partial charge in [0.05, 0.1) is 11.7 Å². The molecule has 7 heteroatoms. The topological polar surface area (TPSA) is 79.3 Å². The Morgan fingerprint density at radius 3 is 2.57 bits per heavy atom. The molecule has 0 saturated heterocycles. The second-order valence-corrected chi connectivity index (χ2v) is 6.22. The van der Waals surface area contributed by atoms with Crippen LogP contribution in [0.4, 0.5) is 4.39 Å². The third-order valence-corrected chi connectivity index (χ3v) is 4.64. The van der Waals surface area contributed by atoms with Crippen molar-refractivity contribution in [3.8, 4) is 0 Å². The Morgan fingerprint density at radius 2 is 2.00 bits per heavy atom. The van der Waals surface area contributed by atoms with Gasteiger partial charge in [-0.25, -0.2) is 14.2 Å². The summed E-state index contributed by atoms with van der Waals surface area (Å²) in [4.78, 5) is 27.4. The number of aryl methyl sites for hydroxylation is 2. The van der Waals surface area contributed by atoms with Gasteiger partial charge in [-0.05, 0) is 38.0 Å². The van der Waals surface area contributed by atoms with E-state index >= 15 is 0 Å². The van der Waals surface area contributed by atoms with Gasteiger partial charge in [-0.15, -0.1) is 11.3 Å². The van der Waals surface area contributed by atoms with Gasteiger partial charge in [-0.3, -0.25) is 4.79 Å². The van der Waals surface area contributed by atoms with Crippen LogP contribution >= 0.6 is 11.3 Å². The Bertz CT molecular complexity index is 713. The van der Waals surface area contributed by atoms with Crippen molar-refractivity contribution in [1.29, 1.82) is 0 Å². The summed E-state index contributed by atoms with van der Waals surface area (Å²) in [7, 11) is 0. The predicted octanol–water partition coefficient (Wildman–Crippen LogP) is 3.10. The van der Waals surface area contributed by atoms with Gasteiger partial charge in [0.1, 0.15) is 15.7 Å². The number of benzene rings is 1. The van der Waals surface area contributed by atoms with E-state index in [0.717, 1.165) is 16.9 Å². The minimum absolute atomic E-state index is 0.161. The summed E-state index contributed by atoms with van der Waals surface area (Å²) in [5, 5.41) is 12.4. The molecule has 122 valence electrons. The summed E-state index contributed by atoms with van der Waals surface area (Å²) >= 11 is 1.07. The van der Waals surface area contributed by atoms with E-state index in [2.05, 4.69) is 10.3 Å². The summed E-state index contributed by atoms with van der Waals surface area (Å²) in [6.45, 7) is 3.40. The van der Waals surface area contributed by atoms with Gasteiger partial charge >= 0.3 is 5.97 Å². The first kappa shape index (κ1) is 17.1. The number of nitrogens with zero attached hydrogens (tertiary/aromatic N) is 1. The lowest BCUT2D eigenvalue weighted by molar-refractivity contribution is -0.121. The molecule has 2 N–H and O–H groups in total. The van der Waals surface area contributed by atoms with Crippen LogP contribution in [0.3, 0.4) is 0 Å². The summed E-state index contributed by atoms with van der Waals surface area (Å²) < 4.78 is 12.8. The number of aromatic carboxylic acids is 1. The second kappa shape index (κ2) is 7.32. The van der Waals surface area contributed by atoms with E-state index in [1.54, 1.807) is 26.0 Å². The standard InChI is InChI=1S/C16H17FN2O3S/c1-9-14(16(21)22)23-15(19-9)10(2)18-13(20)8-5-11-3-6-12(17)7-4-11/h3-4,6-7,10H,5,8H2,1-2H3,(H,18,20)(H,21,22). The van der Waals surface area contributed by atoms with Crippen LogP contribution in [0.1, 0.15) is 45.3 Å². The Kier molecular flexibility index (Phi) is 5.44. The van der Waals surface area contributed by atoms with Gasteiger partial charge in [0.2, 0.25) is 5.91 Å². The number of hydrogen-bond acceptors (Lipinski definition) is 4. The average molecular weight is 336 g/mol. The molecule has 0 aliphatic carbocycles. The first-order valence-electron chi connectivity index (χ1n) is 7.11. The van der Waals surface area contributed by atoms with Crippen LogP contribution in [0.5, 0.6) is 0 Å². The molecule has 0 radical (unpaired) electrons. The Morgan fingerprint density at radius 1 is 1.35 bits per heavy atom. The van der Waals surface area contributed by atoms with E-state index in [9.17, 15) is 14.0 Å². The Hall–Kier alpha value is -2.28. The van der Waals surface area contributed by atoms with Crippen LogP contribution in [0.15, 0.2) is 24.3 Å². The van der Waals surface area contributed by atoms with Crippen molar-refractivity contribution in [3.63, 3.8) is 0 Å². The molecule has 0 aliphatic rings. The van der Waals surface area contributed by atoms with Gasteiger partial charge in [-0.1, -0.05) is 12.1 Å². The summed E-state index contributed by atoms with van der Waals surface area (Å²) in [6, 6.07) is 5.67. The quantitative estimate of drug-likeness (QED) is 0.849. The highest BCUT2D eigenvalue weighted by atomic mass is 32.1. The van der Waals surface area contributed by atoms with Crippen LogP contribution in [0, 0.1) is 12.7 Å². The molecule has 1 heterocycles. The number of carboxylic acids is 1. The maximum atomic E-state index is 12.8. The molecule has 1 amide bonds. The predicted molar refractivity (Wildman–Crippen MR) is 85.1 cm³/mol. The molecule has 5 nitrogen and oxygen atoms in total. The van der Waals surface area contributed by atoms with Gasteiger partial charge in [0.15, 0.2) is 0 Å².